The third-order valence-electron chi connectivity index (χ3n) is 9.89. The molecule has 0 radical (unpaired) electrons. The topological polar surface area (TPSA) is 144 Å². The van der Waals surface area contributed by atoms with Crippen LogP contribution in [0, 0.1) is 21.8 Å². The summed E-state index contributed by atoms with van der Waals surface area (Å²) in [4.78, 5) is 61.2. The highest BCUT2D eigenvalue weighted by Crippen LogP contribution is 2.62. The number of piperidine rings is 1. The van der Waals surface area contributed by atoms with Crippen molar-refractivity contribution in [3.05, 3.63) is 121 Å². The number of nitro groups is 1. The second kappa shape index (κ2) is 13.2. The van der Waals surface area contributed by atoms with E-state index in [1.807, 2.05) is 36.1 Å². The van der Waals surface area contributed by atoms with E-state index in [2.05, 4.69) is 10.3 Å². The molecule has 2 saturated heterocycles. The molecule has 0 bridgehead atoms. The van der Waals surface area contributed by atoms with Crippen LogP contribution in [0.2, 0.25) is 10.2 Å². The van der Waals surface area contributed by atoms with Gasteiger partial charge in [0.2, 0.25) is 5.91 Å². The molecule has 51 heavy (non-hydrogen) atoms. The minimum Gasteiger partial charge on any atom is -0.494 e. The monoisotopic (exact) mass is 733 g/mol. The lowest BCUT2D eigenvalue weighted by atomic mass is 9.70. The number of aromatic nitrogens is 1. The number of hydrogen-bond acceptors (Lipinski definition) is 9. The van der Waals surface area contributed by atoms with Gasteiger partial charge in [-0.2, -0.15) is 0 Å². The van der Waals surface area contributed by atoms with Gasteiger partial charge in [-0.3, -0.25) is 24.6 Å². The summed E-state index contributed by atoms with van der Waals surface area (Å²) in [5.41, 5.74) is -1.14. The van der Waals surface area contributed by atoms with Crippen LogP contribution in [0.5, 0.6) is 5.75 Å². The molecule has 2 fully saturated rings. The van der Waals surface area contributed by atoms with Crippen molar-refractivity contribution in [2.24, 2.45) is 5.92 Å². The number of anilines is 2. The Balaban J connectivity index is 1.46. The number of halogens is 3. The first kappa shape index (κ1) is 34.3. The van der Waals surface area contributed by atoms with Gasteiger partial charge >= 0.3 is 5.97 Å². The molecule has 0 saturated carbocycles. The number of hydrogen-bond donors (Lipinski definition) is 1. The lowest BCUT2D eigenvalue weighted by molar-refractivity contribution is -0.384. The molecule has 1 N–H and O–H groups in total. The largest absolute Gasteiger partial charge is 0.494 e. The minimum atomic E-state index is -1.71. The number of esters is 1. The molecule has 4 aromatic rings. The Labute approximate surface area is 301 Å². The Bertz CT molecular complexity index is 2120. The number of nitrogens with zero attached hydrogens (tertiary/aromatic N) is 4. The van der Waals surface area contributed by atoms with E-state index in [-0.39, 0.29) is 52.3 Å². The number of rotatable bonds is 8. The maximum atomic E-state index is 16.4. The standard InChI is InChI=1S/C36H30Cl2FN5O7/c1-3-51-21-7-4-6-19(16-21)18-43-26-14-15-42(25-12-10-20(34(46)50-2)17-27(25)44(48)49)33(45)29(26)30(22-8-5-9-24(37)31(22)39)36(43)23-11-13-28(38)40-32(23)41-35(36)47/h4-13,16-17,26,29-30H,3,14-15,18H2,1-2H3,(H,40,41,47)/t26-,29+,30-,36+/m0/s1. The van der Waals surface area contributed by atoms with Crippen LogP contribution in [0.15, 0.2) is 72.8 Å². The van der Waals surface area contributed by atoms with E-state index in [0.717, 1.165) is 18.7 Å². The van der Waals surface area contributed by atoms with Crippen molar-refractivity contribution >= 4 is 58.2 Å². The normalized spacial score (nSPS) is 22.5. The van der Waals surface area contributed by atoms with Crippen molar-refractivity contribution in [1.82, 2.24) is 9.88 Å². The molecule has 15 heteroatoms. The van der Waals surface area contributed by atoms with E-state index >= 15 is 9.18 Å². The number of ether oxygens (including phenoxy) is 2. The third-order valence-corrected chi connectivity index (χ3v) is 10.4. The fraction of sp³-hybridized carbons (Fsp3) is 0.278. The Kier molecular flexibility index (Phi) is 8.90. The quantitative estimate of drug-likeness (QED) is 0.0930. The summed E-state index contributed by atoms with van der Waals surface area (Å²) in [5.74, 6) is -4.23. The second-order valence-corrected chi connectivity index (χ2v) is 13.2. The Hall–Kier alpha value is -5.11. The predicted octanol–water partition coefficient (Wildman–Crippen LogP) is 6.49. The molecule has 3 aromatic carbocycles. The molecule has 12 nitrogen and oxygen atoms in total. The number of nitrogens with one attached hydrogen (secondary N) is 1. The lowest BCUT2D eigenvalue weighted by Crippen LogP contribution is -2.53. The highest BCUT2D eigenvalue weighted by Gasteiger charge is 2.70. The van der Waals surface area contributed by atoms with Crippen molar-refractivity contribution in [2.45, 2.75) is 37.4 Å². The van der Waals surface area contributed by atoms with Gasteiger partial charge in [0.15, 0.2) is 0 Å². The number of benzene rings is 3. The molecule has 262 valence electrons. The van der Waals surface area contributed by atoms with Crippen molar-refractivity contribution < 1.29 is 33.2 Å². The molecule has 4 heterocycles. The summed E-state index contributed by atoms with van der Waals surface area (Å²) in [5, 5.41) is 15.1. The van der Waals surface area contributed by atoms with Crippen molar-refractivity contribution in [1.29, 1.82) is 0 Å². The minimum absolute atomic E-state index is 0.0159. The number of fused-ring (bicyclic) bond motifs is 3. The molecule has 0 unspecified atom stereocenters. The number of methoxy groups -OCH3 is 1. The number of likely N-dealkylation sites (tertiary alicyclic amines) is 1. The number of pyridine rings is 1. The molecule has 3 aliphatic rings. The van der Waals surface area contributed by atoms with Crippen LogP contribution >= 0.6 is 23.2 Å². The lowest BCUT2D eigenvalue weighted by Gasteiger charge is -2.40. The highest BCUT2D eigenvalue weighted by molar-refractivity contribution is 6.31. The fourth-order valence-corrected chi connectivity index (χ4v) is 8.30. The van der Waals surface area contributed by atoms with Gasteiger partial charge in [0.05, 0.1) is 35.1 Å². The summed E-state index contributed by atoms with van der Waals surface area (Å²) in [6.07, 6.45) is 0.238. The van der Waals surface area contributed by atoms with E-state index in [1.165, 1.54) is 35.2 Å². The van der Waals surface area contributed by atoms with Crippen molar-refractivity contribution in [3.63, 3.8) is 0 Å². The first-order chi connectivity index (χ1) is 24.5. The van der Waals surface area contributed by atoms with Crippen molar-refractivity contribution in [2.75, 3.05) is 30.5 Å². The maximum Gasteiger partial charge on any atom is 0.338 e. The zero-order chi connectivity index (χ0) is 36.2. The zero-order valence-electron chi connectivity index (χ0n) is 27.3. The van der Waals surface area contributed by atoms with Crippen LogP contribution in [-0.4, -0.2) is 58.9 Å². The maximum absolute atomic E-state index is 16.4. The zero-order valence-corrected chi connectivity index (χ0v) is 28.8. The summed E-state index contributed by atoms with van der Waals surface area (Å²) in [6.45, 7) is 2.44. The number of nitro benzene ring substituents is 1. The first-order valence-corrected chi connectivity index (χ1v) is 16.9. The smallest absolute Gasteiger partial charge is 0.338 e. The van der Waals surface area contributed by atoms with Gasteiger partial charge < -0.3 is 19.7 Å². The van der Waals surface area contributed by atoms with Gasteiger partial charge in [0, 0.05) is 36.7 Å². The summed E-state index contributed by atoms with van der Waals surface area (Å²) >= 11 is 12.6. The van der Waals surface area contributed by atoms with Gasteiger partial charge in [-0.15, -0.1) is 0 Å². The predicted molar refractivity (Wildman–Crippen MR) is 186 cm³/mol. The summed E-state index contributed by atoms with van der Waals surface area (Å²) in [7, 11) is 1.15. The molecular weight excluding hydrogens is 704 g/mol. The molecule has 1 aromatic heterocycles. The van der Waals surface area contributed by atoms with E-state index in [1.54, 1.807) is 12.1 Å². The van der Waals surface area contributed by atoms with Gasteiger partial charge in [-0.1, -0.05) is 47.5 Å². The van der Waals surface area contributed by atoms with E-state index < -0.39 is 57.6 Å². The number of amides is 2. The van der Waals surface area contributed by atoms with Crippen LogP contribution in [0.4, 0.5) is 21.6 Å². The average molecular weight is 735 g/mol. The molecule has 7 rings (SSSR count). The summed E-state index contributed by atoms with van der Waals surface area (Å²) in [6, 6.07) is 18.0. The first-order valence-electron chi connectivity index (χ1n) is 16.1. The van der Waals surface area contributed by atoms with Gasteiger partial charge in [-0.05, 0) is 66.9 Å². The Morgan fingerprint density at radius 3 is 2.65 bits per heavy atom. The fourth-order valence-electron chi connectivity index (χ4n) is 7.97. The highest BCUT2D eigenvalue weighted by atomic mass is 35.5. The SMILES string of the molecule is CCOc1cccc(CN2[C@H]3CCN(c4ccc(C(=O)OC)cc4[N+](=O)[O-])C(=O)[C@H]3[C@H](c3cccc(Cl)c3F)[C@]23C(=O)Nc2nc(Cl)ccc23)c1. The second-order valence-electron chi connectivity index (χ2n) is 12.4. The van der Waals surface area contributed by atoms with Gasteiger partial charge in [-0.25, -0.2) is 14.2 Å². The molecule has 2 amide bonds. The molecule has 0 aliphatic carbocycles. The molecule has 3 aliphatic heterocycles. The Morgan fingerprint density at radius 1 is 1.12 bits per heavy atom. The van der Waals surface area contributed by atoms with E-state index in [9.17, 15) is 19.7 Å². The third kappa shape index (κ3) is 5.47. The summed E-state index contributed by atoms with van der Waals surface area (Å²) < 4.78 is 26.9. The van der Waals surface area contributed by atoms with Crippen LogP contribution in [0.1, 0.15) is 46.3 Å². The Morgan fingerprint density at radius 2 is 1.90 bits per heavy atom. The number of carbonyl (C=O) groups is 3. The van der Waals surface area contributed by atoms with Crippen LogP contribution in [-0.2, 0) is 26.4 Å². The van der Waals surface area contributed by atoms with Gasteiger partial charge in [0.1, 0.15) is 33.8 Å². The van der Waals surface area contributed by atoms with Crippen molar-refractivity contribution in [3.8, 4) is 5.75 Å². The van der Waals surface area contributed by atoms with Crippen LogP contribution < -0.4 is 15.0 Å². The molecule has 1 spiro atoms. The van der Waals surface area contributed by atoms with Crippen LogP contribution in [0.25, 0.3) is 0 Å². The van der Waals surface area contributed by atoms with E-state index in [4.69, 9.17) is 32.7 Å². The molecule has 4 atom stereocenters. The van der Waals surface area contributed by atoms with Gasteiger partial charge in [0.25, 0.3) is 11.6 Å². The van der Waals surface area contributed by atoms with E-state index in [0.29, 0.717) is 17.9 Å². The molecular formula is C36H30Cl2FN5O7. The van der Waals surface area contributed by atoms with Crippen LogP contribution in [0.3, 0.4) is 0 Å². The average Bonchev–Trinajstić information content (AvgIpc) is 3.56. The number of carbonyl (C=O) groups excluding carboxylic acids is 3.